The number of ether oxygens (including phenoxy) is 2. The molecule has 11 heteroatoms. The fourth-order valence-electron chi connectivity index (χ4n) is 4.99. The lowest BCUT2D eigenvalue weighted by Crippen LogP contribution is -2.58. The summed E-state index contributed by atoms with van der Waals surface area (Å²) in [5, 5.41) is 5.54. The van der Waals surface area contributed by atoms with Crippen molar-refractivity contribution in [1.82, 2.24) is 9.80 Å². The van der Waals surface area contributed by atoms with Crippen LogP contribution in [0.4, 0.5) is 16.2 Å². The number of hydrogen-bond donors (Lipinski definition) is 3. The molecule has 2 saturated heterocycles. The van der Waals surface area contributed by atoms with Gasteiger partial charge in [-0.2, -0.15) is 0 Å². The maximum atomic E-state index is 13.3. The molecule has 214 valence electrons. The minimum absolute atomic E-state index is 0.118. The van der Waals surface area contributed by atoms with Gasteiger partial charge in [0, 0.05) is 44.0 Å². The number of esters is 1. The summed E-state index contributed by atoms with van der Waals surface area (Å²) in [4.78, 5) is 53.9. The lowest BCUT2D eigenvalue weighted by molar-refractivity contribution is -0.154. The predicted molar refractivity (Wildman–Crippen MR) is 149 cm³/mol. The third kappa shape index (κ3) is 7.80. The molecule has 4 N–H and O–H groups in total. The maximum absolute atomic E-state index is 13.3. The highest BCUT2D eigenvalue weighted by molar-refractivity contribution is 5.99. The number of rotatable bonds is 8. The number of nitrogens with one attached hydrogen (secondary N) is 2. The molecule has 0 spiro atoms. The number of nitrogens with zero attached hydrogens (tertiary/aromatic N) is 2. The Morgan fingerprint density at radius 3 is 2.10 bits per heavy atom. The van der Waals surface area contributed by atoms with Crippen LogP contribution in [0, 0.1) is 5.92 Å². The Bertz CT molecular complexity index is 1180. The van der Waals surface area contributed by atoms with Gasteiger partial charge >= 0.3 is 12.0 Å². The van der Waals surface area contributed by atoms with Crippen molar-refractivity contribution in [2.75, 3.05) is 50.6 Å². The monoisotopic (exact) mass is 551 g/mol. The van der Waals surface area contributed by atoms with Crippen LogP contribution in [0.3, 0.4) is 0 Å². The van der Waals surface area contributed by atoms with Gasteiger partial charge in [0.15, 0.2) is 0 Å². The number of urea groups is 1. The molecule has 0 unspecified atom stereocenters. The summed E-state index contributed by atoms with van der Waals surface area (Å²) in [6, 6.07) is 13.3. The number of benzene rings is 2. The highest BCUT2D eigenvalue weighted by atomic mass is 16.5. The van der Waals surface area contributed by atoms with Crippen LogP contribution in [0.1, 0.15) is 30.4 Å². The van der Waals surface area contributed by atoms with Crippen LogP contribution in [0.2, 0.25) is 0 Å². The topological polar surface area (TPSA) is 143 Å². The summed E-state index contributed by atoms with van der Waals surface area (Å²) in [6.45, 7) is 2.41. The van der Waals surface area contributed by atoms with Gasteiger partial charge in [0.05, 0.1) is 26.7 Å². The highest BCUT2D eigenvalue weighted by Crippen LogP contribution is 2.23. The molecule has 0 aromatic heterocycles. The summed E-state index contributed by atoms with van der Waals surface area (Å²) >= 11 is 0. The van der Waals surface area contributed by atoms with Gasteiger partial charge in [-0.1, -0.05) is 24.3 Å². The Morgan fingerprint density at radius 2 is 1.52 bits per heavy atom. The van der Waals surface area contributed by atoms with Crippen molar-refractivity contribution in [3.63, 3.8) is 0 Å². The molecule has 0 bridgehead atoms. The van der Waals surface area contributed by atoms with E-state index in [1.807, 2.05) is 12.1 Å². The fraction of sp³-hybridized carbons (Fsp3) is 0.448. The molecule has 0 radical (unpaired) electrons. The third-order valence-corrected chi connectivity index (χ3v) is 7.36. The van der Waals surface area contributed by atoms with Gasteiger partial charge in [-0.3, -0.25) is 14.4 Å². The second-order valence-corrected chi connectivity index (χ2v) is 10.1. The summed E-state index contributed by atoms with van der Waals surface area (Å²) in [6.07, 6.45) is 1.94. The lowest BCUT2D eigenvalue weighted by atomic mass is 9.93. The van der Waals surface area contributed by atoms with Crippen molar-refractivity contribution in [3.8, 4) is 0 Å². The van der Waals surface area contributed by atoms with E-state index in [1.165, 1.54) is 7.11 Å². The zero-order valence-corrected chi connectivity index (χ0v) is 22.8. The van der Waals surface area contributed by atoms with Crippen LogP contribution >= 0.6 is 0 Å². The van der Waals surface area contributed by atoms with E-state index in [0.717, 1.165) is 24.0 Å². The van der Waals surface area contributed by atoms with E-state index in [-0.39, 0.29) is 42.8 Å². The molecule has 11 nitrogen and oxygen atoms in total. The largest absolute Gasteiger partial charge is 0.469 e. The van der Waals surface area contributed by atoms with E-state index in [9.17, 15) is 19.2 Å². The number of hydrogen-bond acceptors (Lipinski definition) is 7. The quantitative estimate of drug-likeness (QED) is 0.428. The minimum Gasteiger partial charge on any atom is -0.469 e. The van der Waals surface area contributed by atoms with E-state index in [2.05, 4.69) is 10.6 Å². The van der Waals surface area contributed by atoms with Crippen LogP contribution in [-0.2, 0) is 36.8 Å². The molecular formula is C29H37N5O6. The summed E-state index contributed by atoms with van der Waals surface area (Å²) in [7, 11) is 1.38. The van der Waals surface area contributed by atoms with E-state index in [4.69, 9.17) is 15.2 Å². The molecule has 2 heterocycles. The molecule has 1 atom stereocenters. The number of anilines is 2. The molecule has 40 heavy (non-hydrogen) atoms. The van der Waals surface area contributed by atoms with Crippen LogP contribution in [0.5, 0.6) is 0 Å². The second kappa shape index (κ2) is 13.9. The highest BCUT2D eigenvalue weighted by Gasteiger charge is 2.36. The maximum Gasteiger partial charge on any atom is 0.323 e. The summed E-state index contributed by atoms with van der Waals surface area (Å²) in [5.74, 6) is -0.305. The molecule has 2 aromatic rings. The van der Waals surface area contributed by atoms with E-state index in [0.29, 0.717) is 50.6 Å². The third-order valence-electron chi connectivity index (χ3n) is 7.36. The molecule has 0 aliphatic carbocycles. The van der Waals surface area contributed by atoms with Crippen LogP contribution in [0.15, 0.2) is 48.5 Å². The second-order valence-electron chi connectivity index (χ2n) is 10.1. The van der Waals surface area contributed by atoms with Gasteiger partial charge < -0.3 is 35.6 Å². The lowest BCUT2D eigenvalue weighted by Gasteiger charge is -2.39. The molecule has 2 aliphatic rings. The fourth-order valence-corrected chi connectivity index (χ4v) is 4.99. The van der Waals surface area contributed by atoms with Gasteiger partial charge in [0.1, 0.15) is 6.04 Å². The number of carbonyl (C=O) groups excluding carboxylic acids is 4. The first-order chi connectivity index (χ1) is 19.4. The SMILES string of the molecule is COC(=O)CC1CCN(C(=O)[C@@H]2COCCN2C(=O)Cc2ccc(NC(=O)Nc3ccc(CN)cc3)cc2)CC1. The first kappa shape index (κ1) is 29.0. The van der Waals surface area contributed by atoms with Crippen molar-refractivity contribution in [1.29, 1.82) is 0 Å². The van der Waals surface area contributed by atoms with Gasteiger partial charge in [0.2, 0.25) is 11.8 Å². The number of amides is 4. The average Bonchev–Trinajstić information content (AvgIpc) is 2.98. The molecule has 0 saturated carbocycles. The standard InChI is InChI=1S/C29H37N5O6/c1-39-27(36)17-21-10-12-33(13-11-21)28(37)25-19-40-15-14-34(25)26(35)16-20-2-6-23(7-3-20)31-29(38)32-24-8-4-22(18-30)5-9-24/h2-9,21,25H,10-19,30H2,1H3,(H2,31,32,38)/t25-/m0/s1. The van der Waals surface area contributed by atoms with Crippen molar-refractivity contribution in [2.45, 2.75) is 38.3 Å². The Labute approximate surface area is 234 Å². The normalized spacial score (nSPS) is 17.7. The number of nitrogens with two attached hydrogens (primary N) is 1. The molecule has 4 amide bonds. The number of carbonyl (C=O) groups is 4. The molecule has 2 fully saturated rings. The van der Waals surface area contributed by atoms with Crippen LogP contribution < -0.4 is 16.4 Å². The van der Waals surface area contributed by atoms with Gasteiger partial charge in [0.25, 0.3) is 0 Å². The first-order valence-electron chi connectivity index (χ1n) is 13.5. The van der Waals surface area contributed by atoms with Crippen molar-refractivity contribution >= 4 is 35.2 Å². The number of piperidine rings is 1. The van der Waals surface area contributed by atoms with E-state index >= 15 is 0 Å². The van der Waals surface area contributed by atoms with Gasteiger partial charge in [-0.25, -0.2) is 4.79 Å². The number of morpholine rings is 1. The Hall–Kier alpha value is -3.96. The van der Waals surface area contributed by atoms with Crippen LogP contribution in [0.25, 0.3) is 0 Å². The Kier molecular flexibility index (Phi) is 10.1. The minimum atomic E-state index is -0.665. The van der Waals surface area contributed by atoms with Crippen molar-refractivity contribution in [3.05, 3.63) is 59.7 Å². The summed E-state index contributed by atoms with van der Waals surface area (Å²) < 4.78 is 10.3. The van der Waals surface area contributed by atoms with Crippen molar-refractivity contribution < 1.29 is 28.7 Å². The molecule has 2 aliphatic heterocycles. The van der Waals surface area contributed by atoms with Gasteiger partial charge in [-0.05, 0) is 54.2 Å². The summed E-state index contributed by atoms with van der Waals surface area (Å²) in [5.41, 5.74) is 8.58. The van der Waals surface area contributed by atoms with E-state index in [1.54, 1.807) is 46.2 Å². The zero-order chi connectivity index (χ0) is 28.5. The smallest absolute Gasteiger partial charge is 0.323 e. The first-order valence-corrected chi connectivity index (χ1v) is 13.5. The van der Waals surface area contributed by atoms with Crippen LogP contribution in [-0.4, -0.2) is 79.6 Å². The Morgan fingerprint density at radius 1 is 0.925 bits per heavy atom. The predicted octanol–water partition coefficient (Wildman–Crippen LogP) is 2.36. The van der Waals surface area contributed by atoms with E-state index < -0.39 is 6.04 Å². The molecule has 2 aromatic carbocycles. The van der Waals surface area contributed by atoms with Crippen molar-refractivity contribution in [2.24, 2.45) is 11.7 Å². The zero-order valence-electron chi connectivity index (χ0n) is 22.8. The number of methoxy groups -OCH3 is 1. The number of likely N-dealkylation sites (tertiary alicyclic amines) is 1. The Balaban J connectivity index is 1.28. The van der Waals surface area contributed by atoms with Gasteiger partial charge in [-0.15, -0.1) is 0 Å². The molecule has 4 rings (SSSR count). The average molecular weight is 552 g/mol. The molecular weight excluding hydrogens is 514 g/mol.